The predicted molar refractivity (Wildman–Crippen MR) is 120 cm³/mol. The number of alkyl halides is 3. The highest BCUT2D eigenvalue weighted by Crippen LogP contribution is 2.32. The molecule has 1 aliphatic rings. The SMILES string of the molecule is Cc1ccc(N2CCN(C(=O)COCCCCc3ccc(C)c(C(F)(F)F)c3)CC2)cc1. The minimum atomic E-state index is -4.32. The molecule has 0 aromatic heterocycles. The molecule has 174 valence electrons. The monoisotopic (exact) mass is 448 g/mol. The number of aryl methyl sites for hydroxylation is 3. The molecule has 0 spiro atoms. The van der Waals surface area contributed by atoms with Crippen LogP contribution in [0.15, 0.2) is 42.5 Å². The number of carbonyl (C=O) groups is 1. The Kier molecular flexibility index (Phi) is 8.18. The first-order valence-corrected chi connectivity index (χ1v) is 11.1. The van der Waals surface area contributed by atoms with Crippen LogP contribution in [0.2, 0.25) is 0 Å². The van der Waals surface area contributed by atoms with Crippen LogP contribution < -0.4 is 4.90 Å². The van der Waals surface area contributed by atoms with Gasteiger partial charge in [0.15, 0.2) is 0 Å². The van der Waals surface area contributed by atoms with E-state index in [-0.39, 0.29) is 18.1 Å². The lowest BCUT2D eigenvalue weighted by molar-refractivity contribution is -0.138. The van der Waals surface area contributed by atoms with Crippen LogP contribution in [0.25, 0.3) is 0 Å². The van der Waals surface area contributed by atoms with E-state index in [1.54, 1.807) is 6.07 Å². The molecule has 0 radical (unpaired) electrons. The Morgan fingerprint density at radius 3 is 2.31 bits per heavy atom. The normalized spacial score (nSPS) is 14.7. The molecule has 1 aliphatic heterocycles. The van der Waals surface area contributed by atoms with Crippen LogP contribution in [0.5, 0.6) is 0 Å². The Morgan fingerprint density at radius 2 is 1.66 bits per heavy atom. The standard InChI is InChI=1S/C25H31F3N2O2/c1-19-6-10-22(11-7-19)29-12-14-30(15-13-29)24(31)18-32-16-4-3-5-21-9-8-20(2)23(17-21)25(26,27)28/h6-11,17H,3-5,12-16,18H2,1-2H3. The third kappa shape index (κ3) is 6.73. The van der Waals surface area contributed by atoms with Gasteiger partial charge in [0.05, 0.1) is 5.56 Å². The third-order valence-corrected chi connectivity index (χ3v) is 5.87. The first-order chi connectivity index (χ1) is 15.2. The van der Waals surface area contributed by atoms with Gasteiger partial charge in [-0.05, 0) is 62.4 Å². The molecule has 0 bridgehead atoms. The fourth-order valence-corrected chi connectivity index (χ4v) is 3.88. The maximum Gasteiger partial charge on any atom is 0.416 e. The lowest BCUT2D eigenvalue weighted by Gasteiger charge is -2.36. The topological polar surface area (TPSA) is 32.8 Å². The molecule has 2 aromatic carbocycles. The van der Waals surface area contributed by atoms with Crippen LogP contribution in [-0.4, -0.2) is 50.2 Å². The maximum absolute atomic E-state index is 13.0. The summed E-state index contributed by atoms with van der Waals surface area (Å²) in [4.78, 5) is 16.5. The van der Waals surface area contributed by atoms with Crippen molar-refractivity contribution >= 4 is 11.6 Å². The molecule has 4 nitrogen and oxygen atoms in total. The Bertz CT molecular complexity index is 889. The minimum absolute atomic E-state index is 0.0121. The van der Waals surface area contributed by atoms with Crippen LogP contribution in [0.3, 0.4) is 0 Å². The van der Waals surface area contributed by atoms with Gasteiger partial charge in [-0.3, -0.25) is 4.79 Å². The third-order valence-electron chi connectivity index (χ3n) is 5.87. The zero-order valence-corrected chi connectivity index (χ0v) is 18.8. The number of benzene rings is 2. The van der Waals surface area contributed by atoms with Crippen molar-refractivity contribution in [1.82, 2.24) is 4.90 Å². The van der Waals surface area contributed by atoms with Gasteiger partial charge in [0, 0.05) is 38.5 Å². The van der Waals surface area contributed by atoms with Crippen molar-refractivity contribution in [3.05, 3.63) is 64.7 Å². The largest absolute Gasteiger partial charge is 0.416 e. The number of ether oxygens (including phenoxy) is 1. The number of piperazine rings is 1. The number of hydrogen-bond donors (Lipinski definition) is 0. The second kappa shape index (κ2) is 10.9. The quantitative estimate of drug-likeness (QED) is 0.532. The summed E-state index contributed by atoms with van der Waals surface area (Å²) >= 11 is 0. The van der Waals surface area contributed by atoms with Gasteiger partial charge in [0.2, 0.25) is 5.91 Å². The molecule has 0 aliphatic carbocycles. The van der Waals surface area contributed by atoms with E-state index in [0.717, 1.165) is 13.1 Å². The van der Waals surface area contributed by atoms with E-state index >= 15 is 0 Å². The molecule has 7 heteroatoms. The number of halogens is 3. The number of carbonyl (C=O) groups excluding carboxylic acids is 1. The highest BCUT2D eigenvalue weighted by molar-refractivity contribution is 5.77. The molecule has 1 fully saturated rings. The number of amides is 1. The smallest absolute Gasteiger partial charge is 0.372 e. The molecule has 0 atom stereocenters. The van der Waals surface area contributed by atoms with Gasteiger partial charge in [0.1, 0.15) is 6.61 Å². The van der Waals surface area contributed by atoms with Gasteiger partial charge in [-0.1, -0.05) is 29.8 Å². The molecule has 1 heterocycles. The van der Waals surface area contributed by atoms with Crippen LogP contribution in [0.1, 0.15) is 35.1 Å². The molecule has 2 aromatic rings. The molecular weight excluding hydrogens is 417 g/mol. The van der Waals surface area contributed by atoms with E-state index in [1.807, 2.05) is 4.90 Å². The van der Waals surface area contributed by atoms with Crippen LogP contribution in [0.4, 0.5) is 18.9 Å². The zero-order chi connectivity index (χ0) is 23.1. The second-order valence-corrected chi connectivity index (χ2v) is 8.36. The van der Waals surface area contributed by atoms with Gasteiger partial charge in [0.25, 0.3) is 0 Å². The number of nitrogens with zero attached hydrogens (tertiary/aromatic N) is 2. The van der Waals surface area contributed by atoms with E-state index < -0.39 is 11.7 Å². The molecular formula is C25H31F3N2O2. The number of unbranched alkanes of at least 4 members (excludes halogenated alkanes) is 1. The average molecular weight is 449 g/mol. The Morgan fingerprint density at radius 1 is 0.969 bits per heavy atom. The Labute approximate surface area is 188 Å². The van der Waals surface area contributed by atoms with Gasteiger partial charge < -0.3 is 14.5 Å². The highest BCUT2D eigenvalue weighted by atomic mass is 19.4. The molecule has 1 amide bonds. The zero-order valence-electron chi connectivity index (χ0n) is 18.8. The lowest BCUT2D eigenvalue weighted by atomic mass is 10.0. The maximum atomic E-state index is 13.0. The van der Waals surface area contributed by atoms with Gasteiger partial charge in [-0.2, -0.15) is 13.2 Å². The van der Waals surface area contributed by atoms with Crippen molar-refractivity contribution < 1.29 is 22.7 Å². The Hall–Kier alpha value is -2.54. The van der Waals surface area contributed by atoms with E-state index in [9.17, 15) is 18.0 Å². The van der Waals surface area contributed by atoms with Crippen molar-refractivity contribution in [1.29, 1.82) is 0 Å². The first-order valence-electron chi connectivity index (χ1n) is 11.1. The summed E-state index contributed by atoms with van der Waals surface area (Å²) in [5.41, 5.74) is 2.74. The number of hydrogen-bond acceptors (Lipinski definition) is 3. The molecule has 0 unspecified atom stereocenters. The van der Waals surface area contributed by atoms with Crippen molar-refractivity contribution in [2.75, 3.05) is 44.3 Å². The average Bonchev–Trinajstić information content (AvgIpc) is 2.77. The number of rotatable bonds is 8. The van der Waals surface area contributed by atoms with E-state index in [2.05, 4.69) is 36.1 Å². The lowest BCUT2D eigenvalue weighted by Crippen LogP contribution is -2.49. The fraction of sp³-hybridized carbons (Fsp3) is 0.480. The van der Waals surface area contributed by atoms with E-state index in [4.69, 9.17) is 4.74 Å². The Balaban J connectivity index is 1.32. The van der Waals surface area contributed by atoms with Crippen molar-refractivity contribution in [3.8, 4) is 0 Å². The second-order valence-electron chi connectivity index (χ2n) is 8.36. The van der Waals surface area contributed by atoms with Crippen molar-refractivity contribution in [3.63, 3.8) is 0 Å². The van der Waals surface area contributed by atoms with Crippen LogP contribution in [0, 0.1) is 13.8 Å². The predicted octanol–water partition coefficient (Wildman–Crippen LogP) is 5.01. The number of anilines is 1. The molecule has 32 heavy (non-hydrogen) atoms. The first kappa shape index (κ1) is 24.1. The van der Waals surface area contributed by atoms with Crippen LogP contribution >= 0.6 is 0 Å². The fourth-order valence-electron chi connectivity index (χ4n) is 3.88. The summed E-state index contributed by atoms with van der Waals surface area (Å²) in [6, 6.07) is 12.9. The molecule has 0 saturated carbocycles. The molecule has 1 saturated heterocycles. The van der Waals surface area contributed by atoms with E-state index in [1.165, 1.54) is 30.3 Å². The summed E-state index contributed by atoms with van der Waals surface area (Å²) in [5, 5.41) is 0. The highest BCUT2D eigenvalue weighted by Gasteiger charge is 2.32. The molecule has 0 N–H and O–H groups in total. The van der Waals surface area contributed by atoms with Gasteiger partial charge in [-0.15, -0.1) is 0 Å². The van der Waals surface area contributed by atoms with Crippen LogP contribution in [-0.2, 0) is 22.1 Å². The van der Waals surface area contributed by atoms with E-state index in [0.29, 0.717) is 44.5 Å². The summed E-state index contributed by atoms with van der Waals surface area (Å²) in [7, 11) is 0. The minimum Gasteiger partial charge on any atom is -0.372 e. The van der Waals surface area contributed by atoms with Crippen molar-refractivity contribution in [2.24, 2.45) is 0 Å². The van der Waals surface area contributed by atoms with Gasteiger partial charge >= 0.3 is 6.18 Å². The summed E-state index contributed by atoms with van der Waals surface area (Å²) in [5.74, 6) is -0.0121. The van der Waals surface area contributed by atoms with Gasteiger partial charge in [-0.25, -0.2) is 0 Å². The molecule has 3 rings (SSSR count). The van der Waals surface area contributed by atoms with Crippen molar-refractivity contribution in [2.45, 2.75) is 39.3 Å². The summed E-state index contributed by atoms with van der Waals surface area (Å²) in [6.07, 6.45) is -2.36. The summed E-state index contributed by atoms with van der Waals surface area (Å²) < 4.78 is 44.6. The summed E-state index contributed by atoms with van der Waals surface area (Å²) in [6.45, 7) is 6.94.